The Hall–Kier alpha value is -3.65. The van der Waals surface area contributed by atoms with E-state index >= 15 is 0 Å². The smallest absolute Gasteiger partial charge is 0.264 e. The molecule has 1 saturated heterocycles. The summed E-state index contributed by atoms with van der Waals surface area (Å²) in [6.07, 6.45) is 1.38. The monoisotopic (exact) mass is 477 g/mol. The summed E-state index contributed by atoms with van der Waals surface area (Å²) < 4.78 is 28.0. The Morgan fingerprint density at radius 3 is 2.41 bits per heavy atom. The summed E-state index contributed by atoms with van der Waals surface area (Å²) in [4.78, 5) is 26.9. The van der Waals surface area contributed by atoms with Gasteiger partial charge in [0.05, 0.1) is 10.6 Å². The molecular weight excluding hydrogens is 450 g/mol. The molecule has 0 bridgehead atoms. The number of carbonyl (C=O) groups excluding carboxylic acids is 2. The molecule has 0 radical (unpaired) electrons. The fourth-order valence-electron chi connectivity index (χ4n) is 4.09. The van der Waals surface area contributed by atoms with Crippen molar-refractivity contribution in [3.63, 3.8) is 0 Å². The van der Waals surface area contributed by atoms with E-state index in [0.717, 1.165) is 27.5 Å². The molecule has 3 aromatic carbocycles. The minimum atomic E-state index is -3.96. The number of carbonyl (C=O) groups is 2. The summed E-state index contributed by atoms with van der Waals surface area (Å²) in [5.41, 5.74) is 3.53. The highest BCUT2D eigenvalue weighted by Gasteiger charge is 2.27. The third-order valence-electron chi connectivity index (χ3n) is 5.75. The van der Waals surface area contributed by atoms with Crippen molar-refractivity contribution in [2.45, 2.75) is 31.6 Å². The predicted octanol–water partition coefficient (Wildman–Crippen LogP) is 4.26. The Morgan fingerprint density at radius 2 is 1.76 bits per heavy atom. The second kappa shape index (κ2) is 9.69. The lowest BCUT2D eigenvalue weighted by Gasteiger charge is -2.24. The first-order valence-electron chi connectivity index (χ1n) is 11.1. The van der Waals surface area contributed by atoms with Gasteiger partial charge >= 0.3 is 0 Å². The third-order valence-corrected chi connectivity index (χ3v) is 7.54. The Balaban J connectivity index is 1.58. The summed E-state index contributed by atoms with van der Waals surface area (Å²) >= 11 is 0. The first-order valence-corrected chi connectivity index (χ1v) is 12.5. The van der Waals surface area contributed by atoms with Crippen LogP contribution in [-0.4, -0.2) is 33.3 Å². The predicted molar refractivity (Wildman–Crippen MR) is 134 cm³/mol. The molecular formula is C26H27N3O4S. The molecule has 34 heavy (non-hydrogen) atoms. The van der Waals surface area contributed by atoms with Crippen molar-refractivity contribution in [3.8, 4) is 0 Å². The van der Waals surface area contributed by atoms with E-state index in [-0.39, 0.29) is 17.3 Å². The number of hydrogen-bond donors (Lipinski definition) is 1. The Kier molecular flexibility index (Phi) is 6.70. The molecule has 7 nitrogen and oxygen atoms in total. The summed E-state index contributed by atoms with van der Waals surface area (Å²) in [5.74, 6) is -0.370. The van der Waals surface area contributed by atoms with Crippen LogP contribution in [-0.2, 0) is 19.6 Å². The van der Waals surface area contributed by atoms with Crippen LogP contribution in [0, 0.1) is 13.8 Å². The number of hydrogen-bond acceptors (Lipinski definition) is 4. The maximum absolute atomic E-state index is 13.4. The molecule has 8 heteroatoms. The van der Waals surface area contributed by atoms with Crippen molar-refractivity contribution in [1.29, 1.82) is 0 Å². The maximum Gasteiger partial charge on any atom is 0.264 e. The summed E-state index contributed by atoms with van der Waals surface area (Å²) in [6, 6.07) is 20.4. The molecule has 2 amide bonds. The van der Waals surface area contributed by atoms with Gasteiger partial charge in [-0.3, -0.25) is 13.9 Å². The Morgan fingerprint density at radius 1 is 1.00 bits per heavy atom. The Labute approximate surface area is 200 Å². The Bertz CT molecular complexity index is 1320. The van der Waals surface area contributed by atoms with E-state index < -0.39 is 15.9 Å². The molecule has 176 valence electrons. The number of benzene rings is 3. The van der Waals surface area contributed by atoms with Crippen LogP contribution in [0.15, 0.2) is 77.7 Å². The van der Waals surface area contributed by atoms with Crippen LogP contribution >= 0.6 is 0 Å². The minimum Gasteiger partial charge on any atom is -0.325 e. The number of amides is 2. The SMILES string of the molecule is Cc1cccc(N(CC(=O)Nc2ccc(N3CCCC3=O)c(C)c2)S(=O)(=O)c2ccccc2)c1. The molecule has 0 atom stereocenters. The van der Waals surface area contributed by atoms with Crippen LogP contribution in [0.25, 0.3) is 0 Å². The van der Waals surface area contributed by atoms with Crippen LogP contribution in [0.2, 0.25) is 0 Å². The van der Waals surface area contributed by atoms with Crippen molar-refractivity contribution in [1.82, 2.24) is 0 Å². The zero-order chi connectivity index (χ0) is 24.3. The van der Waals surface area contributed by atoms with Gasteiger partial charge in [0.25, 0.3) is 10.0 Å². The minimum absolute atomic E-state index is 0.0970. The molecule has 1 aliphatic heterocycles. The highest BCUT2D eigenvalue weighted by atomic mass is 32.2. The van der Waals surface area contributed by atoms with E-state index in [1.807, 2.05) is 26.0 Å². The highest BCUT2D eigenvalue weighted by Crippen LogP contribution is 2.28. The van der Waals surface area contributed by atoms with Crippen LogP contribution in [0.3, 0.4) is 0 Å². The normalized spacial score (nSPS) is 13.7. The fraction of sp³-hybridized carbons (Fsp3) is 0.231. The van der Waals surface area contributed by atoms with Gasteiger partial charge < -0.3 is 10.2 Å². The average molecular weight is 478 g/mol. The molecule has 1 heterocycles. The van der Waals surface area contributed by atoms with Gasteiger partial charge in [-0.05, 0) is 73.9 Å². The lowest BCUT2D eigenvalue weighted by Crippen LogP contribution is -2.38. The third kappa shape index (κ3) is 4.97. The number of anilines is 3. The maximum atomic E-state index is 13.4. The van der Waals surface area contributed by atoms with Gasteiger partial charge in [0.1, 0.15) is 6.54 Å². The lowest BCUT2D eigenvalue weighted by atomic mass is 10.1. The van der Waals surface area contributed by atoms with E-state index in [4.69, 9.17) is 0 Å². The van der Waals surface area contributed by atoms with Gasteiger partial charge in [0.2, 0.25) is 11.8 Å². The van der Waals surface area contributed by atoms with Crippen molar-refractivity contribution >= 4 is 38.9 Å². The molecule has 0 saturated carbocycles. The molecule has 1 fully saturated rings. The van der Waals surface area contributed by atoms with E-state index in [9.17, 15) is 18.0 Å². The van der Waals surface area contributed by atoms with Crippen LogP contribution in [0.5, 0.6) is 0 Å². The second-order valence-electron chi connectivity index (χ2n) is 8.36. The molecule has 0 aliphatic carbocycles. The molecule has 0 spiro atoms. The second-order valence-corrected chi connectivity index (χ2v) is 10.2. The zero-order valence-corrected chi connectivity index (χ0v) is 20.0. The summed E-state index contributed by atoms with van der Waals surface area (Å²) in [7, 11) is -3.96. The van der Waals surface area contributed by atoms with E-state index in [1.54, 1.807) is 53.4 Å². The summed E-state index contributed by atoms with van der Waals surface area (Å²) in [6.45, 7) is 4.06. The van der Waals surface area contributed by atoms with Gasteiger partial charge in [0.15, 0.2) is 0 Å². The number of sulfonamides is 1. The largest absolute Gasteiger partial charge is 0.325 e. The number of nitrogens with zero attached hydrogens (tertiary/aromatic N) is 2. The fourth-order valence-corrected chi connectivity index (χ4v) is 5.52. The average Bonchev–Trinajstić information content (AvgIpc) is 3.23. The van der Waals surface area contributed by atoms with E-state index in [0.29, 0.717) is 24.3 Å². The molecule has 1 N–H and O–H groups in total. The lowest BCUT2D eigenvalue weighted by molar-refractivity contribution is -0.117. The van der Waals surface area contributed by atoms with Gasteiger partial charge in [-0.2, -0.15) is 0 Å². The topological polar surface area (TPSA) is 86.8 Å². The van der Waals surface area contributed by atoms with E-state index in [1.165, 1.54) is 12.1 Å². The highest BCUT2D eigenvalue weighted by molar-refractivity contribution is 7.92. The molecule has 3 aromatic rings. The molecule has 1 aliphatic rings. The van der Waals surface area contributed by atoms with Gasteiger partial charge in [-0.1, -0.05) is 30.3 Å². The van der Waals surface area contributed by atoms with E-state index in [2.05, 4.69) is 5.32 Å². The van der Waals surface area contributed by atoms with Crippen molar-refractivity contribution in [2.75, 3.05) is 27.6 Å². The number of nitrogens with one attached hydrogen (secondary N) is 1. The van der Waals surface area contributed by atoms with Crippen LogP contribution in [0.4, 0.5) is 17.1 Å². The summed E-state index contributed by atoms with van der Waals surface area (Å²) in [5, 5.41) is 2.80. The molecule has 4 rings (SSSR count). The quantitative estimate of drug-likeness (QED) is 0.551. The van der Waals surface area contributed by atoms with Gasteiger partial charge in [-0.15, -0.1) is 0 Å². The van der Waals surface area contributed by atoms with Crippen molar-refractivity contribution in [2.24, 2.45) is 0 Å². The zero-order valence-electron chi connectivity index (χ0n) is 19.2. The van der Waals surface area contributed by atoms with Crippen molar-refractivity contribution < 1.29 is 18.0 Å². The molecule has 0 aromatic heterocycles. The van der Waals surface area contributed by atoms with Crippen molar-refractivity contribution in [3.05, 3.63) is 83.9 Å². The molecule has 0 unspecified atom stereocenters. The number of aryl methyl sites for hydroxylation is 2. The van der Waals surface area contributed by atoms with Crippen LogP contribution < -0.4 is 14.5 Å². The standard InChI is InChI=1S/C26H27N3O4S/c1-19-8-6-9-22(16-19)29(34(32,33)23-10-4-3-5-11-23)18-25(30)27-21-13-14-24(20(2)17-21)28-15-7-12-26(28)31/h3-6,8-11,13-14,16-17H,7,12,15,18H2,1-2H3,(H,27,30). The van der Waals surface area contributed by atoms with Crippen LogP contribution in [0.1, 0.15) is 24.0 Å². The van der Waals surface area contributed by atoms with Gasteiger partial charge in [0, 0.05) is 24.3 Å². The first-order chi connectivity index (χ1) is 16.3. The number of rotatable bonds is 7. The first kappa shape index (κ1) is 23.5. The van der Waals surface area contributed by atoms with Gasteiger partial charge in [-0.25, -0.2) is 8.42 Å².